The zero-order valence-electron chi connectivity index (χ0n) is 34.9. The molecule has 0 spiro atoms. The first-order valence-corrected chi connectivity index (χ1v) is 21.9. The topological polar surface area (TPSA) is 61.7 Å². The highest BCUT2D eigenvalue weighted by Crippen LogP contribution is 2.47. The fraction of sp³-hybridized carbons (Fsp3) is 0. The monoisotopic (exact) mass is 829 g/mol. The van der Waals surface area contributed by atoms with E-state index in [1.165, 1.54) is 26.9 Å². The third kappa shape index (κ3) is 5.31. The maximum Gasteiger partial charge on any atom is 0.238 e. The van der Waals surface area contributed by atoms with E-state index in [4.69, 9.17) is 19.4 Å². The van der Waals surface area contributed by atoms with Crippen LogP contribution >= 0.6 is 0 Å². The van der Waals surface area contributed by atoms with Gasteiger partial charge in [-0.25, -0.2) is 4.98 Å². The molecule has 0 saturated carbocycles. The Hall–Kier alpha value is -8.87. The first-order chi connectivity index (χ1) is 32.2. The Balaban J connectivity index is 1.12. The molecule has 0 bridgehead atoms. The van der Waals surface area contributed by atoms with E-state index in [0.717, 1.165) is 88.1 Å². The van der Waals surface area contributed by atoms with Crippen molar-refractivity contribution in [2.75, 3.05) is 0 Å². The Morgan fingerprint density at radius 1 is 0.308 bits per heavy atom. The fourth-order valence-electron chi connectivity index (χ4n) is 10.3. The van der Waals surface area contributed by atoms with Gasteiger partial charge in [-0.3, -0.25) is 4.57 Å². The summed E-state index contributed by atoms with van der Waals surface area (Å²) in [5, 5.41) is 11.5. The summed E-state index contributed by atoms with van der Waals surface area (Å²) in [6.07, 6.45) is 0. The van der Waals surface area contributed by atoms with E-state index in [1.807, 2.05) is 24.3 Å². The van der Waals surface area contributed by atoms with Gasteiger partial charge in [0.25, 0.3) is 0 Å². The van der Waals surface area contributed by atoms with E-state index in [-0.39, 0.29) is 0 Å². The molecule has 0 radical (unpaired) electrons. The van der Waals surface area contributed by atoms with Crippen LogP contribution in [-0.2, 0) is 0 Å². The summed E-state index contributed by atoms with van der Waals surface area (Å²) in [7, 11) is 0. The molecule has 0 atom stereocenters. The van der Waals surface area contributed by atoms with Gasteiger partial charge in [0, 0.05) is 54.5 Å². The van der Waals surface area contributed by atoms with Gasteiger partial charge in [-0.15, -0.1) is 0 Å². The van der Waals surface area contributed by atoms with Gasteiger partial charge in [0.05, 0.1) is 22.1 Å². The molecule has 6 nitrogen and oxygen atoms in total. The van der Waals surface area contributed by atoms with E-state index >= 15 is 0 Å². The first kappa shape index (κ1) is 35.7. The molecular weight excluding hydrogens is 795 g/mol. The van der Waals surface area contributed by atoms with Gasteiger partial charge in [-0.1, -0.05) is 164 Å². The highest BCUT2D eigenvalue weighted by atomic mass is 16.3. The van der Waals surface area contributed by atoms with E-state index in [9.17, 15) is 0 Å². The van der Waals surface area contributed by atoms with E-state index < -0.39 is 0 Å². The predicted molar refractivity (Wildman–Crippen MR) is 267 cm³/mol. The third-order valence-corrected chi connectivity index (χ3v) is 13.2. The Bertz CT molecular complexity index is 4220. The lowest BCUT2D eigenvalue weighted by Gasteiger charge is -2.13. The molecule has 0 aliphatic heterocycles. The second kappa shape index (κ2) is 13.8. The van der Waals surface area contributed by atoms with Gasteiger partial charge >= 0.3 is 0 Å². The molecule has 65 heavy (non-hydrogen) atoms. The van der Waals surface area contributed by atoms with Crippen molar-refractivity contribution in [3.05, 3.63) is 212 Å². The maximum absolute atomic E-state index is 6.42. The molecule has 0 unspecified atom stereocenters. The minimum atomic E-state index is 0.536. The molecule has 302 valence electrons. The number of hydrogen-bond donors (Lipinski definition) is 0. The Morgan fingerprint density at radius 2 is 0.846 bits per heavy atom. The Labute approximate surface area is 371 Å². The summed E-state index contributed by atoms with van der Waals surface area (Å²) in [5.74, 6) is 1.67. The lowest BCUT2D eigenvalue weighted by atomic mass is 9.95. The summed E-state index contributed by atoms with van der Waals surface area (Å²) in [6.45, 7) is 0. The third-order valence-electron chi connectivity index (χ3n) is 13.2. The van der Waals surface area contributed by atoms with Gasteiger partial charge in [0.15, 0.2) is 11.6 Å². The van der Waals surface area contributed by atoms with Crippen LogP contribution in [0.4, 0.5) is 0 Å². The van der Waals surface area contributed by atoms with Crippen molar-refractivity contribution in [3.8, 4) is 45.5 Å². The fourth-order valence-corrected chi connectivity index (χ4v) is 10.3. The lowest BCUT2D eigenvalue weighted by molar-refractivity contribution is 0.669. The molecule has 0 fully saturated rings. The average molecular weight is 830 g/mol. The molecule has 14 rings (SSSR count). The van der Waals surface area contributed by atoms with Crippen molar-refractivity contribution in [2.24, 2.45) is 0 Å². The van der Waals surface area contributed by atoms with Crippen LogP contribution < -0.4 is 0 Å². The highest BCUT2D eigenvalue weighted by molar-refractivity contribution is 6.38. The van der Waals surface area contributed by atoms with Gasteiger partial charge in [0.1, 0.15) is 11.2 Å². The molecule has 0 amide bonds. The zero-order valence-corrected chi connectivity index (χ0v) is 34.9. The smallest absolute Gasteiger partial charge is 0.238 e. The Kier molecular flexibility index (Phi) is 7.59. The van der Waals surface area contributed by atoms with E-state index in [0.29, 0.717) is 17.6 Å². The first-order valence-electron chi connectivity index (χ1n) is 21.9. The number of benzene rings is 10. The van der Waals surface area contributed by atoms with Crippen LogP contribution in [0.3, 0.4) is 0 Å². The highest BCUT2D eigenvalue weighted by Gasteiger charge is 2.26. The van der Waals surface area contributed by atoms with Gasteiger partial charge in [0.2, 0.25) is 5.95 Å². The van der Waals surface area contributed by atoms with Crippen LogP contribution in [0.15, 0.2) is 217 Å². The van der Waals surface area contributed by atoms with Crippen molar-refractivity contribution < 1.29 is 4.42 Å². The van der Waals surface area contributed by atoms with E-state index in [2.05, 4.69) is 197 Å². The average Bonchev–Trinajstić information content (AvgIpc) is 4.05. The molecule has 0 aliphatic carbocycles. The SMILES string of the molecule is c1ccc(-c2ccc(-c3nc(-c4ccc5c(c4)oc4ccccc45)nc(-n4c5ccc6c(c7ccccc7n6-c6ccccc6)c5c5c6ccccc6c6ccccc6c54)n3)cc2)cc1. The van der Waals surface area contributed by atoms with Gasteiger partial charge in [-0.2, -0.15) is 9.97 Å². The molecule has 0 saturated heterocycles. The number of aromatic nitrogens is 5. The minimum Gasteiger partial charge on any atom is -0.456 e. The standard InChI is InChI=1S/C59H35N5O/c1-3-15-36(16-4-1)37-27-29-38(30-28-37)57-60-58(39-31-32-44-43-21-12-14-26-51(43)65-52(44)35-39)62-59(61-57)64-50-34-33-49-53(47-24-11-13-25-48(47)63(49)40-17-5-2-6-18-40)55(50)54-45-22-9-7-19-41(45)42-20-8-10-23-46(42)56(54)64/h1-35H. The van der Waals surface area contributed by atoms with Crippen molar-refractivity contribution in [3.63, 3.8) is 0 Å². The quantitative estimate of drug-likeness (QED) is 0.162. The maximum atomic E-state index is 6.42. The molecule has 6 heteroatoms. The van der Waals surface area contributed by atoms with Crippen molar-refractivity contribution in [1.29, 1.82) is 0 Å². The molecule has 14 aromatic rings. The molecule has 0 N–H and O–H groups in total. The second-order valence-electron chi connectivity index (χ2n) is 16.7. The van der Waals surface area contributed by atoms with E-state index in [1.54, 1.807) is 0 Å². The number of furan rings is 1. The molecule has 4 aromatic heterocycles. The molecule has 0 aliphatic rings. The minimum absolute atomic E-state index is 0.536. The van der Waals surface area contributed by atoms with Crippen LogP contribution in [0.5, 0.6) is 0 Å². The second-order valence-corrected chi connectivity index (χ2v) is 16.7. The zero-order chi connectivity index (χ0) is 42.6. The van der Waals surface area contributed by atoms with Crippen LogP contribution in [0.1, 0.15) is 0 Å². The van der Waals surface area contributed by atoms with Gasteiger partial charge in [-0.05, 0) is 75.8 Å². The van der Waals surface area contributed by atoms with Gasteiger partial charge < -0.3 is 8.98 Å². The lowest BCUT2D eigenvalue weighted by Crippen LogP contribution is -2.06. The summed E-state index contributed by atoms with van der Waals surface area (Å²) >= 11 is 0. The van der Waals surface area contributed by atoms with Crippen molar-refractivity contribution >= 4 is 87.1 Å². The molecular formula is C59H35N5O. The normalized spacial score (nSPS) is 12.0. The number of nitrogens with zero attached hydrogens (tertiary/aromatic N) is 5. The number of rotatable bonds is 5. The van der Waals surface area contributed by atoms with Crippen molar-refractivity contribution in [1.82, 2.24) is 24.1 Å². The van der Waals surface area contributed by atoms with Crippen LogP contribution in [-0.4, -0.2) is 24.1 Å². The Morgan fingerprint density at radius 3 is 1.62 bits per heavy atom. The van der Waals surface area contributed by atoms with Crippen LogP contribution in [0.25, 0.3) is 133 Å². The molecule has 10 aromatic carbocycles. The predicted octanol–water partition coefficient (Wildman–Crippen LogP) is 15.3. The van der Waals surface area contributed by atoms with Crippen LogP contribution in [0, 0.1) is 0 Å². The summed E-state index contributed by atoms with van der Waals surface area (Å²) < 4.78 is 11.1. The number of fused-ring (bicyclic) bond motifs is 15. The summed E-state index contributed by atoms with van der Waals surface area (Å²) in [5.41, 5.74) is 11.1. The summed E-state index contributed by atoms with van der Waals surface area (Å²) in [6, 6.07) is 74.9. The number of hydrogen-bond acceptors (Lipinski definition) is 4. The van der Waals surface area contributed by atoms with Crippen molar-refractivity contribution in [2.45, 2.75) is 0 Å². The van der Waals surface area contributed by atoms with Crippen LogP contribution in [0.2, 0.25) is 0 Å². The largest absolute Gasteiger partial charge is 0.456 e. The molecule has 4 heterocycles. The number of para-hydroxylation sites is 3. The summed E-state index contributed by atoms with van der Waals surface area (Å²) in [4.78, 5) is 16.2.